The number of likely N-dealkylation sites (tertiary alicyclic amines) is 1. The maximum atomic E-state index is 12.1. The zero-order chi connectivity index (χ0) is 16.4. The van der Waals surface area contributed by atoms with Crippen molar-refractivity contribution < 1.29 is 4.74 Å². The normalized spacial score (nSPS) is 21.8. The number of ether oxygens (including phenoxy) is 1. The van der Waals surface area contributed by atoms with Gasteiger partial charge in [0.2, 0.25) is 0 Å². The van der Waals surface area contributed by atoms with E-state index in [-0.39, 0.29) is 5.56 Å². The third-order valence-electron chi connectivity index (χ3n) is 4.85. The van der Waals surface area contributed by atoms with Gasteiger partial charge in [-0.3, -0.25) is 9.78 Å². The summed E-state index contributed by atoms with van der Waals surface area (Å²) in [5.41, 5.74) is 1.77. The van der Waals surface area contributed by atoms with Crippen LogP contribution in [0.4, 0.5) is 0 Å². The molecule has 0 bridgehead atoms. The Morgan fingerprint density at radius 2 is 1.92 bits per heavy atom. The summed E-state index contributed by atoms with van der Waals surface area (Å²) in [6.45, 7) is 5.71. The van der Waals surface area contributed by atoms with Crippen LogP contribution in [0, 0.1) is 11.8 Å². The van der Waals surface area contributed by atoms with Gasteiger partial charge in [-0.25, -0.2) is 4.68 Å². The van der Waals surface area contributed by atoms with Crippen LogP contribution in [0.1, 0.15) is 6.42 Å². The Morgan fingerprint density at radius 1 is 1.08 bits per heavy atom. The number of rotatable bonds is 5. The second kappa shape index (κ2) is 6.83. The molecular weight excluding hydrogens is 304 g/mol. The SMILES string of the molecule is O=c1ccc(-c2ccncc2)nn1CC1CN(CC2CCOC2)C1. The van der Waals surface area contributed by atoms with Crippen molar-refractivity contribution in [2.45, 2.75) is 13.0 Å². The maximum absolute atomic E-state index is 12.1. The fourth-order valence-corrected chi connectivity index (χ4v) is 3.53. The predicted molar refractivity (Wildman–Crippen MR) is 90.6 cm³/mol. The second-order valence-corrected chi connectivity index (χ2v) is 6.79. The van der Waals surface area contributed by atoms with Crippen LogP contribution < -0.4 is 5.56 Å². The van der Waals surface area contributed by atoms with Crippen LogP contribution in [0.15, 0.2) is 41.5 Å². The Labute approximate surface area is 141 Å². The summed E-state index contributed by atoms with van der Waals surface area (Å²) in [7, 11) is 0. The first kappa shape index (κ1) is 15.5. The van der Waals surface area contributed by atoms with Crippen molar-refractivity contribution in [3.63, 3.8) is 0 Å². The first-order valence-electron chi connectivity index (χ1n) is 8.56. The number of nitrogens with zero attached hydrogens (tertiary/aromatic N) is 4. The van der Waals surface area contributed by atoms with Crippen molar-refractivity contribution in [1.29, 1.82) is 0 Å². The van der Waals surface area contributed by atoms with Gasteiger partial charge in [-0.05, 0) is 30.5 Å². The van der Waals surface area contributed by atoms with Gasteiger partial charge < -0.3 is 9.64 Å². The lowest BCUT2D eigenvalue weighted by Gasteiger charge is -2.40. The summed E-state index contributed by atoms with van der Waals surface area (Å²) in [5.74, 6) is 1.19. The minimum Gasteiger partial charge on any atom is -0.381 e. The zero-order valence-electron chi connectivity index (χ0n) is 13.7. The molecule has 0 aromatic carbocycles. The quantitative estimate of drug-likeness (QED) is 0.828. The summed E-state index contributed by atoms with van der Waals surface area (Å²) >= 11 is 0. The molecule has 1 atom stereocenters. The predicted octanol–water partition coefficient (Wildman–Crippen LogP) is 1.27. The van der Waals surface area contributed by atoms with Crippen LogP contribution in [0.25, 0.3) is 11.3 Å². The highest BCUT2D eigenvalue weighted by Gasteiger charge is 2.30. The average molecular weight is 326 g/mol. The summed E-state index contributed by atoms with van der Waals surface area (Å²) < 4.78 is 7.04. The molecule has 0 aliphatic carbocycles. The minimum absolute atomic E-state index is 0.0320. The largest absolute Gasteiger partial charge is 0.381 e. The molecule has 0 spiro atoms. The molecular formula is C18H22N4O2. The third kappa shape index (κ3) is 3.39. The second-order valence-electron chi connectivity index (χ2n) is 6.79. The lowest BCUT2D eigenvalue weighted by atomic mass is 9.97. The van der Waals surface area contributed by atoms with Gasteiger partial charge in [-0.1, -0.05) is 0 Å². The van der Waals surface area contributed by atoms with Gasteiger partial charge in [0.1, 0.15) is 0 Å². The average Bonchev–Trinajstić information content (AvgIpc) is 3.08. The molecule has 0 N–H and O–H groups in total. The number of pyridine rings is 1. The van der Waals surface area contributed by atoms with Gasteiger partial charge in [-0.15, -0.1) is 0 Å². The van der Waals surface area contributed by atoms with E-state index >= 15 is 0 Å². The fraction of sp³-hybridized carbons (Fsp3) is 0.500. The topological polar surface area (TPSA) is 60.2 Å². The summed E-state index contributed by atoms with van der Waals surface area (Å²) in [5, 5.41) is 4.53. The van der Waals surface area contributed by atoms with E-state index in [9.17, 15) is 4.79 Å². The first-order valence-corrected chi connectivity index (χ1v) is 8.56. The van der Waals surface area contributed by atoms with Crippen LogP contribution in [-0.4, -0.2) is 52.5 Å². The van der Waals surface area contributed by atoms with Crippen molar-refractivity contribution in [2.75, 3.05) is 32.8 Å². The monoisotopic (exact) mass is 326 g/mol. The van der Waals surface area contributed by atoms with Gasteiger partial charge in [0.05, 0.1) is 18.8 Å². The molecule has 4 heterocycles. The van der Waals surface area contributed by atoms with Gasteiger partial charge in [0, 0.05) is 56.2 Å². The molecule has 6 nitrogen and oxygen atoms in total. The molecule has 1 unspecified atom stereocenters. The van der Waals surface area contributed by atoms with E-state index in [1.165, 1.54) is 6.42 Å². The third-order valence-corrected chi connectivity index (χ3v) is 4.85. The Bertz CT molecular complexity index is 734. The molecule has 2 aliphatic rings. The molecule has 0 saturated carbocycles. The molecule has 2 saturated heterocycles. The van der Waals surface area contributed by atoms with E-state index in [1.54, 1.807) is 29.2 Å². The van der Waals surface area contributed by atoms with Crippen LogP contribution in [0.3, 0.4) is 0 Å². The van der Waals surface area contributed by atoms with E-state index in [1.807, 2.05) is 12.1 Å². The van der Waals surface area contributed by atoms with E-state index < -0.39 is 0 Å². The van der Waals surface area contributed by atoms with Crippen molar-refractivity contribution in [1.82, 2.24) is 19.7 Å². The Hall–Kier alpha value is -2.05. The van der Waals surface area contributed by atoms with Gasteiger partial charge >= 0.3 is 0 Å². The Balaban J connectivity index is 1.38. The van der Waals surface area contributed by atoms with E-state index in [4.69, 9.17) is 4.74 Å². The molecule has 0 radical (unpaired) electrons. The van der Waals surface area contributed by atoms with E-state index in [0.29, 0.717) is 18.4 Å². The van der Waals surface area contributed by atoms with Crippen molar-refractivity contribution in [3.8, 4) is 11.3 Å². The Morgan fingerprint density at radius 3 is 2.67 bits per heavy atom. The van der Waals surface area contributed by atoms with E-state index in [0.717, 1.165) is 44.1 Å². The highest BCUT2D eigenvalue weighted by molar-refractivity contribution is 5.56. The Kier molecular flexibility index (Phi) is 4.40. The number of aromatic nitrogens is 3. The van der Waals surface area contributed by atoms with Gasteiger partial charge in [0.15, 0.2) is 0 Å². The molecule has 126 valence electrons. The molecule has 6 heteroatoms. The van der Waals surface area contributed by atoms with Crippen LogP contribution in [0.2, 0.25) is 0 Å². The molecule has 0 amide bonds. The number of hydrogen-bond donors (Lipinski definition) is 0. The maximum Gasteiger partial charge on any atom is 0.266 e. The number of hydrogen-bond acceptors (Lipinski definition) is 5. The van der Waals surface area contributed by atoms with Crippen molar-refractivity contribution >= 4 is 0 Å². The van der Waals surface area contributed by atoms with Crippen LogP contribution >= 0.6 is 0 Å². The lowest BCUT2D eigenvalue weighted by Crippen LogP contribution is -2.51. The molecule has 2 aliphatic heterocycles. The highest BCUT2D eigenvalue weighted by Crippen LogP contribution is 2.22. The smallest absolute Gasteiger partial charge is 0.266 e. The van der Waals surface area contributed by atoms with Gasteiger partial charge in [-0.2, -0.15) is 5.10 Å². The summed E-state index contributed by atoms with van der Waals surface area (Å²) in [6, 6.07) is 7.20. The van der Waals surface area contributed by atoms with Crippen molar-refractivity contribution in [3.05, 3.63) is 47.0 Å². The first-order chi connectivity index (χ1) is 11.8. The van der Waals surface area contributed by atoms with Gasteiger partial charge in [0.25, 0.3) is 5.56 Å². The highest BCUT2D eigenvalue weighted by atomic mass is 16.5. The standard InChI is InChI=1S/C18H22N4O2/c23-18-2-1-17(16-3-6-19-7-4-16)20-22(18)12-15-10-21(11-15)9-14-5-8-24-13-14/h1-4,6-7,14-15H,5,8-13H2. The van der Waals surface area contributed by atoms with E-state index in [2.05, 4.69) is 15.0 Å². The summed E-state index contributed by atoms with van der Waals surface area (Å²) in [6.07, 6.45) is 4.65. The molecule has 2 aromatic rings. The molecule has 2 aromatic heterocycles. The lowest BCUT2D eigenvalue weighted by molar-refractivity contribution is 0.0638. The van der Waals surface area contributed by atoms with Crippen molar-refractivity contribution in [2.24, 2.45) is 11.8 Å². The van der Waals surface area contributed by atoms with Crippen LogP contribution in [-0.2, 0) is 11.3 Å². The van der Waals surface area contributed by atoms with Crippen LogP contribution in [0.5, 0.6) is 0 Å². The minimum atomic E-state index is -0.0320. The zero-order valence-corrected chi connectivity index (χ0v) is 13.7. The molecule has 24 heavy (non-hydrogen) atoms. The summed E-state index contributed by atoms with van der Waals surface area (Å²) in [4.78, 5) is 18.6. The molecule has 4 rings (SSSR count). The molecule has 2 fully saturated rings. The fourth-order valence-electron chi connectivity index (χ4n) is 3.53.